The molecule has 0 fully saturated rings. The van der Waals surface area contributed by atoms with Crippen molar-refractivity contribution in [1.82, 2.24) is 5.32 Å². The average Bonchev–Trinajstić information content (AvgIpc) is 2.72. The van der Waals surface area contributed by atoms with E-state index in [1.165, 1.54) is 0 Å². The summed E-state index contributed by atoms with van der Waals surface area (Å²) in [5, 5.41) is 11.4. The Bertz CT molecular complexity index is 879. The molecule has 2 aromatic carbocycles. The Labute approximate surface area is 169 Å². The zero-order valence-corrected chi connectivity index (χ0v) is 16.1. The molecule has 0 unspecified atom stereocenters. The predicted octanol–water partition coefficient (Wildman–Crippen LogP) is 2.53. The van der Waals surface area contributed by atoms with Crippen LogP contribution in [0.1, 0.15) is 30.4 Å². The maximum atomic E-state index is 12.4. The van der Waals surface area contributed by atoms with Crippen LogP contribution in [-0.2, 0) is 27.3 Å². The van der Waals surface area contributed by atoms with Gasteiger partial charge in [-0.2, -0.15) is 0 Å². The maximum Gasteiger partial charge on any atom is 0.303 e. The van der Waals surface area contributed by atoms with Gasteiger partial charge in [-0.15, -0.1) is 0 Å². The summed E-state index contributed by atoms with van der Waals surface area (Å²) in [4.78, 5) is 36.6. The number of para-hydroxylation sites is 1. The van der Waals surface area contributed by atoms with Crippen LogP contribution >= 0.6 is 0 Å². The van der Waals surface area contributed by atoms with Gasteiger partial charge in [0.05, 0.1) is 6.61 Å². The molecule has 2 N–H and O–H groups in total. The van der Waals surface area contributed by atoms with Gasteiger partial charge in [-0.1, -0.05) is 30.3 Å². The van der Waals surface area contributed by atoms with Crippen LogP contribution in [-0.4, -0.2) is 36.0 Å². The lowest BCUT2D eigenvalue weighted by molar-refractivity contribution is -0.137. The van der Waals surface area contributed by atoms with Crippen LogP contribution < -0.4 is 15.0 Å². The summed E-state index contributed by atoms with van der Waals surface area (Å²) in [6.07, 6.45) is 1.65. The van der Waals surface area contributed by atoms with Crippen molar-refractivity contribution in [3.8, 4) is 5.75 Å². The molecular weight excluding hydrogens is 372 g/mol. The number of nitrogens with zero attached hydrogens (tertiary/aromatic N) is 1. The van der Waals surface area contributed by atoms with E-state index in [1.807, 2.05) is 36.4 Å². The first-order chi connectivity index (χ1) is 14.0. The van der Waals surface area contributed by atoms with Crippen molar-refractivity contribution in [2.45, 2.75) is 32.2 Å². The minimum Gasteiger partial charge on any atom is -0.494 e. The van der Waals surface area contributed by atoms with Crippen LogP contribution in [0.2, 0.25) is 0 Å². The van der Waals surface area contributed by atoms with Gasteiger partial charge in [0.25, 0.3) is 0 Å². The van der Waals surface area contributed by atoms with Crippen molar-refractivity contribution >= 4 is 23.5 Å². The van der Waals surface area contributed by atoms with Gasteiger partial charge in [0.2, 0.25) is 11.8 Å². The Kier molecular flexibility index (Phi) is 6.84. The Hall–Kier alpha value is -3.35. The first kappa shape index (κ1) is 20.4. The molecule has 3 rings (SSSR count). The lowest BCUT2D eigenvalue weighted by atomic mass is 10.0. The number of aryl methyl sites for hydroxylation is 1. The highest BCUT2D eigenvalue weighted by Crippen LogP contribution is 2.27. The summed E-state index contributed by atoms with van der Waals surface area (Å²) in [7, 11) is 0. The molecular formula is C22H24N2O5. The topological polar surface area (TPSA) is 95.9 Å². The number of carboxylic acid groups (broad SMARTS) is 1. The summed E-state index contributed by atoms with van der Waals surface area (Å²) < 4.78 is 5.49. The van der Waals surface area contributed by atoms with Gasteiger partial charge in [0, 0.05) is 25.1 Å². The molecule has 0 aromatic heterocycles. The third kappa shape index (κ3) is 5.81. The van der Waals surface area contributed by atoms with E-state index in [0.29, 0.717) is 38.2 Å². The van der Waals surface area contributed by atoms with E-state index < -0.39 is 5.97 Å². The molecule has 0 aliphatic carbocycles. The monoisotopic (exact) mass is 396 g/mol. The van der Waals surface area contributed by atoms with Crippen molar-refractivity contribution in [2.24, 2.45) is 0 Å². The number of hydrogen-bond donors (Lipinski definition) is 2. The van der Waals surface area contributed by atoms with E-state index in [4.69, 9.17) is 9.84 Å². The van der Waals surface area contributed by atoms with Gasteiger partial charge in [0.15, 0.2) is 0 Å². The third-order valence-corrected chi connectivity index (χ3v) is 4.71. The van der Waals surface area contributed by atoms with E-state index >= 15 is 0 Å². The molecule has 0 spiro atoms. The largest absolute Gasteiger partial charge is 0.494 e. The fourth-order valence-corrected chi connectivity index (χ4v) is 3.19. The molecule has 0 bridgehead atoms. The number of carboxylic acids is 1. The van der Waals surface area contributed by atoms with Gasteiger partial charge in [-0.05, 0) is 42.2 Å². The van der Waals surface area contributed by atoms with Crippen LogP contribution in [0.5, 0.6) is 5.75 Å². The number of hydrogen-bond acceptors (Lipinski definition) is 4. The van der Waals surface area contributed by atoms with E-state index in [1.54, 1.807) is 17.0 Å². The van der Waals surface area contributed by atoms with Crippen LogP contribution in [0.4, 0.5) is 5.69 Å². The molecule has 0 atom stereocenters. The van der Waals surface area contributed by atoms with Crippen molar-refractivity contribution in [1.29, 1.82) is 0 Å². The first-order valence-corrected chi connectivity index (χ1v) is 9.61. The van der Waals surface area contributed by atoms with Crippen LogP contribution in [0.25, 0.3) is 0 Å². The van der Waals surface area contributed by atoms with E-state index in [9.17, 15) is 14.4 Å². The van der Waals surface area contributed by atoms with Crippen molar-refractivity contribution in [2.75, 3.05) is 18.1 Å². The normalized spacial score (nSPS) is 13.0. The quantitative estimate of drug-likeness (QED) is 0.635. The lowest BCUT2D eigenvalue weighted by Crippen LogP contribution is -2.42. The van der Waals surface area contributed by atoms with Crippen LogP contribution in [0.3, 0.4) is 0 Å². The maximum absolute atomic E-state index is 12.4. The number of fused-ring (bicyclic) bond motifs is 1. The molecule has 7 nitrogen and oxygen atoms in total. The number of amides is 2. The number of rotatable bonds is 9. The fraction of sp³-hybridized carbons (Fsp3) is 0.318. The SMILES string of the molecule is O=C(O)CCCOc1ccc(CNC(=O)CN2C(=O)CCc3ccccc32)cc1. The number of carbonyl (C=O) groups is 3. The molecule has 1 heterocycles. The van der Waals surface area contributed by atoms with E-state index in [-0.39, 0.29) is 24.8 Å². The number of ether oxygens (including phenoxy) is 1. The van der Waals surface area contributed by atoms with Gasteiger partial charge in [0.1, 0.15) is 12.3 Å². The van der Waals surface area contributed by atoms with Gasteiger partial charge in [-0.25, -0.2) is 0 Å². The Balaban J connectivity index is 1.47. The summed E-state index contributed by atoms with van der Waals surface area (Å²) in [6, 6.07) is 14.9. The van der Waals surface area contributed by atoms with Crippen molar-refractivity contribution < 1.29 is 24.2 Å². The fourth-order valence-electron chi connectivity index (χ4n) is 3.19. The highest BCUT2D eigenvalue weighted by molar-refractivity contribution is 6.00. The number of nitrogens with one attached hydrogen (secondary N) is 1. The second kappa shape index (κ2) is 9.73. The number of aliphatic carboxylic acids is 1. The number of carbonyl (C=O) groups excluding carboxylic acids is 2. The molecule has 29 heavy (non-hydrogen) atoms. The van der Waals surface area contributed by atoms with Gasteiger partial charge in [-0.3, -0.25) is 14.4 Å². The van der Waals surface area contributed by atoms with E-state index in [0.717, 1.165) is 16.8 Å². The Morgan fingerprint density at radius 2 is 1.83 bits per heavy atom. The second-order valence-corrected chi connectivity index (χ2v) is 6.88. The van der Waals surface area contributed by atoms with Crippen molar-refractivity contribution in [3.05, 3.63) is 59.7 Å². The zero-order valence-electron chi connectivity index (χ0n) is 16.1. The minimum absolute atomic E-state index is 0.000614. The van der Waals surface area contributed by atoms with Crippen LogP contribution in [0.15, 0.2) is 48.5 Å². The van der Waals surface area contributed by atoms with Gasteiger partial charge < -0.3 is 20.1 Å². The average molecular weight is 396 g/mol. The number of anilines is 1. The smallest absolute Gasteiger partial charge is 0.303 e. The minimum atomic E-state index is -0.838. The Morgan fingerprint density at radius 3 is 2.59 bits per heavy atom. The van der Waals surface area contributed by atoms with Gasteiger partial charge >= 0.3 is 5.97 Å². The highest BCUT2D eigenvalue weighted by Gasteiger charge is 2.25. The summed E-state index contributed by atoms with van der Waals surface area (Å²) in [5.41, 5.74) is 2.80. The molecule has 2 aromatic rings. The lowest BCUT2D eigenvalue weighted by Gasteiger charge is -2.28. The van der Waals surface area contributed by atoms with Crippen LogP contribution in [0, 0.1) is 0 Å². The standard InChI is InChI=1S/C22H24N2O5/c25-20(15-24-19-5-2-1-4-17(19)9-12-21(24)26)23-14-16-7-10-18(11-8-16)29-13-3-6-22(27)28/h1-2,4-5,7-8,10-11H,3,6,9,12-15H2,(H,23,25)(H,27,28). The molecule has 1 aliphatic heterocycles. The first-order valence-electron chi connectivity index (χ1n) is 9.61. The summed E-state index contributed by atoms with van der Waals surface area (Å²) in [6.45, 7) is 0.691. The zero-order chi connectivity index (χ0) is 20.6. The molecule has 0 saturated carbocycles. The summed E-state index contributed by atoms with van der Waals surface area (Å²) >= 11 is 0. The third-order valence-electron chi connectivity index (χ3n) is 4.71. The molecule has 7 heteroatoms. The molecule has 1 aliphatic rings. The number of benzene rings is 2. The molecule has 152 valence electrons. The summed E-state index contributed by atoms with van der Waals surface area (Å²) in [5.74, 6) is -0.442. The Morgan fingerprint density at radius 1 is 1.07 bits per heavy atom. The second-order valence-electron chi connectivity index (χ2n) is 6.88. The molecule has 0 saturated heterocycles. The van der Waals surface area contributed by atoms with E-state index in [2.05, 4.69) is 5.32 Å². The molecule has 2 amide bonds. The van der Waals surface area contributed by atoms with Crippen molar-refractivity contribution in [3.63, 3.8) is 0 Å². The predicted molar refractivity (Wildman–Crippen MR) is 108 cm³/mol. The highest BCUT2D eigenvalue weighted by atomic mass is 16.5. The molecule has 0 radical (unpaired) electrons.